The van der Waals surface area contributed by atoms with E-state index in [1.807, 2.05) is 0 Å². The van der Waals surface area contributed by atoms with E-state index in [2.05, 4.69) is 28.2 Å². The van der Waals surface area contributed by atoms with Gasteiger partial charge < -0.3 is 5.32 Å². The van der Waals surface area contributed by atoms with Crippen LogP contribution in [0, 0.1) is 17.8 Å². The normalized spacial score (nSPS) is 37.0. The van der Waals surface area contributed by atoms with Crippen LogP contribution in [0.15, 0.2) is 0 Å². The molecule has 5 nitrogen and oxygen atoms in total. The van der Waals surface area contributed by atoms with Crippen molar-refractivity contribution >= 4 is 5.91 Å². The Balaban J connectivity index is 1.28. The Morgan fingerprint density at radius 1 is 1.00 bits per heavy atom. The van der Waals surface area contributed by atoms with Gasteiger partial charge in [0.25, 0.3) is 0 Å². The summed E-state index contributed by atoms with van der Waals surface area (Å²) in [6.07, 6.45) is 15.7. The zero-order chi connectivity index (χ0) is 17.9. The standard InChI is InChI=1S/C21H38N4O/c1-15-7-11-18(12-8-15)25-20(17-9-10-17)19(23-24-25)21(26)22-14-13-16-5-3-2-4-6-16/h15-20,23-24H,2-14H2,1H3,(H,22,26). The quantitative estimate of drug-likeness (QED) is 0.679. The van der Waals surface area contributed by atoms with Crippen molar-refractivity contribution < 1.29 is 4.79 Å². The van der Waals surface area contributed by atoms with E-state index in [1.165, 1.54) is 70.6 Å². The molecule has 4 fully saturated rings. The number of nitrogens with zero attached hydrogens (tertiary/aromatic N) is 1. The Hall–Kier alpha value is -0.650. The van der Waals surface area contributed by atoms with Crippen LogP contribution in [0.2, 0.25) is 0 Å². The summed E-state index contributed by atoms with van der Waals surface area (Å²) in [5.74, 6) is 2.58. The molecule has 4 rings (SSSR count). The molecule has 4 aliphatic rings. The van der Waals surface area contributed by atoms with E-state index in [4.69, 9.17) is 0 Å². The summed E-state index contributed by atoms with van der Waals surface area (Å²) in [6, 6.07) is 0.834. The predicted octanol–water partition coefficient (Wildman–Crippen LogP) is 3.12. The molecular formula is C21H38N4O. The van der Waals surface area contributed by atoms with Crippen LogP contribution in [-0.2, 0) is 4.79 Å². The molecule has 3 N–H and O–H groups in total. The molecule has 0 aromatic carbocycles. The van der Waals surface area contributed by atoms with Crippen molar-refractivity contribution in [2.45, 2.75) is 102 Å². The average Bonchev–Trinajstić information content (AvgIpc) is 3.41. The Morgan fingerprint density at radius 2 is 1.73 bits per heavy atom. The number of carbonyl (C=O) groups is 1. The summed E-state index contributed by atoms with van der Waals surface area (Å²) in [6.45, 7) is 3.22. The first kappa shape index (κ1) is 18.7. The van der Waals surface area contributed by atoms with Crippen LogP contribution in [0.25, 0.3) is 0 Å². The summed E-state index contributed by atoms with van der Waals surface area (Å²) >= 11 is 0. The second-order valence-corrected chi connectivity index (χ2v) is 9.47. The molecule has 1 saturated heterocycles. The fourth-order valence-electron chi connectivity index (χ4n) is 5.46. The van der Waals surface area contributed by atoms with Crippen molar-refractivity contribution in [2.75, 3.05) is 6.54 Å². The highest BCUT2D eigenvalue weighted by atomic mass is 16.2. The highest BCUT2D eigenvalue weighted by molar-refractivity contribution is 5.83. The molecular weight excluding hydrogens is 324 g/mol. The van der Waals surface area contributed by atoms with E-state index < -0.39 is 0 Å². The molecule has 3 aliphatic carbocycles. The van der Waals surface area contributed by atoms with Crippen molar-refractivity contribution in [3.05, 3.63) is 0 Å². The summed E-state index contributed by atoms with van der Waals surface area (Å²) in [4.78, 5) is 12.9. The molecule has 0 aromatic rings. The highest BCUT2D eigenvalue weighted by Gasteiger charge is 2.49. The second kappa shape index (κ2) is 8.57. The molecule has 0 aromatic heterocycles. The lowest BCUT2D eigenvalue weighted by atomic mass is 9.86. The third-order valence-electron chi connectivity index (χ3n) is 7.35. The molecule has 0 spiro atoms. The second-order valence-electron chi connectivity index (χ2n) is 9.47. The Labute approximate surface area is 159 Å². The Bertz CT molecular complexity index is 467. The molecule has 3 saturated carbocycles. The van der Waals surface area contributed by atoms with Crippen LogP contribution < -0.4 is 16.3 Å². The number of hydrogen-bond acceptors (Lipinski definition) is 4. The summed E-state index contributed by atoms with van der Waals surface area (Å²) in [5, 5.41) is 5.67. The van der Waals surface area contributed by atoms with Gasteiger partial charge in [0.1, 0.15) is 6.04 Å². The molecule has 1 heterocycles. The smallest absolute Gasteiger partial charge is 0.240 e. The van der Waals surface area contributed by atoms with Crippen LogP contribution in [0.3, 0.4) is 0 Å². The number of nitrogens with one attached hydrogen (secondary N) is 3. The number of rotatable bonds is 6. The summed E-state index contributed by atoms with van der Waals surface area (Å²) in [5.41, 5.74) is 6.74. The van der Waals surface area contributed by atoms with E-state index in [9.17, 15) is 4.79 Å². The first-order chi connectivity index (χ1) is 12.7. The van der Waals surface area contributed by atoms with E-state index in [0.717, 1.165) is 24.8 Å². The van der Waals surface area contributed by atoms with Crippen LogP contribution in [0.4, 0.5) is 0 Å². The lowest BCUT2D eigenvalue weighted by Gasteiger charge is -2.36. The molecule has 26 heavy (non-hydrogen) atoms. The first-order valence-electron chi connectivity index (χ1n) is 11.3. The molecule has 0 bridgehead atoms. The fraction of sp³-hybridized carbons (Fsp3) is 0.952. The minimum absolute atomic E-state index is 0.0896. The number of hydrazine groups is 2. The van der Waals surface area contributed by atoms with Crippen LogP contribution >= 0.6 is 0 Å². The van der Waals surface area contributed by atoms with E-state index >= 15 is 0 Å². The Kier molecular flexibility index (Phi) is 6.17. The maximum absolute atomic E-state index is 12.9. The van der Waals surface area contributed by atoms with E-state index in [0.29, 0.717) is 18.0 Å². The summed E-state index contributed by atoms with van der Waals surface area (Å²) < 4.78 is 0. The topological polar surface area (TPSA) is 56.4 Å². The van der Waals surface area contributed by atoms with Gasteiger partial charge in [-0.25, -0.2) is 10.4 Å². The molecule has 1 amide bonds. The van der Waals surface area contributed by atoms with Gasteiger partial charge in [0.2, 0.25) is 5.91 Å². The average molecular weight is 363 g/mol. The summed E-state index contributed by atoms with van der Waals surface area (Å²) in [7, 11) is 0. The van der Waals surface area contributed by atoms with Crippen molar-refractivity contribution in [1.82, 2.24) is 21.3 Å². The maximum atomic E-state index is 12.9. The van der Waals surface area contributed by atoms with Crippen LogP contribution in [-0.4, -0.2) is 35.6 Å². The van der Waals surface area contributed by atoms with Crippen molar-refractivity contribution in [3.8, 4) is 0 Å². The van der Waals surface area contributed by atoms with Gasteiger partial charge in [0.05, 0.1) is 6.04 Å². The lowest BCUT2D eigenvalue weighted by molar-refractivity contribution is -0.123. The molecule has 2 atom stereocenters. The van der Waals surface area contributed by atoms with Crippen molar-refractivity contribution in [2.24, 2.45) is 17.8 Å². The minimum atomic E-state index is -0.0896. The molecule has 148 valence electrons. The first-order valence-corrected chi connectivity index (χ1v) is 11.3. The predicted molar refractivity (Wildman–Crippen MR) is 104 cm³/mol. The SMILES string of the molecule is CC1CCC(N2NNC(C(=O)NCCC3CCCCC3)C2C2CC2)CC1. The van der Waals surface area contributed by atoms with Crippen molar-refractivity contribution in [1.29, 1.82) is 0 Å². The monoisotopic (exact) mass is 362 g/mol. The molecule has 1 aliphatic heterocycles. The van der Waals surface area contributed by atoms with Crippen molar-refractivity contribution in [3.63, 3.8) is 0 Å². The highest BCUT2D eigenvalue weighted by Crippen LogP contribution is 2.40. The number of hydrogen-bond donors (Lipinski definition) is 3. The van der Waals surface area contributed by atoms with Gasteiger partial charge in [-0.15, -0.1) is 0 Å². The minimum Gasteiger partial charge on any atom is -0.355 e. The molecule has 5 heteroatoms. The van der Waals surface area contributed by atoms with Crippen LogP contribution in [0.1, 0.15) is 84.0 Å². The molecule has 0 radical (unpaired) electrons. The largest absolute Gasteiger partial charge is 0.355 e. The fourth-order valence-corrected chi connectivity index (χ4v) is 5.46. The van der Waals surface area contributed by atoms with Gasteiger partial charge in [-0.1, -0.05) is 39.0 Å². The van der Waals surface area contributed by atoms with E-state index in [-0.39, 0.29) is 11.9 Å². The van der Waals surface area contributed by atoms with Crippen LogP contribution in [0.5, 0.6) is 0 Å². The lowest BCUT2D eigenvalue weighted by Crippen LogP contribution is -2.51. The maximum Gasteiger partial charge on any atom is 0.240 e. The Morgan fingerprint density at radius 3 is 2.42 bits per heavy atom. The van der Waals surface area contributed by atoms with Gasteiger partial charge in [-0.2, -0.15) is 5.53 Å². The third-order valence-corrected chi connectivity index (χ3v) is 7.35. The van der Waals surface area contributed by atoms with Gasteiger partial charge in [-0.3, -0.25) is 4.79 Å². The zero-order valence-corrected chi connectivity index (χ0v) is 16.5. The van der Waals surface area contributed by atoms with Gasteiger partial charge in [0.15, 0.2) is 0 Å². The van der Waals surface area contributed by atoms with Gasteiger partial charge in [0, 0.05) is 12.6 Å². The number of carbonyl (C=O) groups excluding carboxylic acids is 1. The number of amides is 1. The van der Waals surface area contributed by atoms with Gasteiger partial charge >= 0.3 is 0 Å². The zero-order valence-electron chi connectivity index (χ0n) is 16.5. The van der Waals surface area contributed by atoms with E-state index in [1.54, 1.807) is 0 Å². The van der Waals surface area contributed by atoms with Gasteiger partial charge in [-0.05, 0) is 62.7 Å². The molecule has 2 unspecified atom stereocenters. The third kappa shape index (κ3) is 4.42.